The highest BCUT2D eigenvalue weighted by Crippen LogP contribution is 2.39. The SMILES string of the molecule is [2H]c1c([2H])c([2H])c2c(-c3cc(-c4c([2H])c([2H])c(-c5ccccc5)c5c([2H])c([2H])c([2H])c([2H])c45)nc(-c4ccccc4)n3)c([2H])c([2H])c(-c3ccccc3)c2c1[2H]. The first-order valence-electron chi connectivity index (χ1n) is 20.0. The van der Waals surface area contributed by atoms with Crippen molar-refractivity contribution in [1.82, 2.24) is 9.97 Å². The second-order valence-corrected chi connectivity index (χ2v) is 10.1. The average molecular weight is 573 g/mol. The van der Waals surface area contributed by atoms with E-state index in [1.165, 1.54) is 6.07 Å². The van der Waals surface area contributed by atoms with E-state index in [1.54, 1.807) is 91.0 Å². The number of fused-ring (bicyclic) bond motifs is 2. The molecule has 0 atom stereocenters. The quantitative estimate of drug-likeness (QED) is 0.205. The van der Waals surface area contributed by atoms with Gasteiger partial charge in [-0.25, -0.2) is 9.97 Å². The van der Waals surface area contributed by atoms with E-state index in [4.69, 9.17) is 20.9 Å². The standard InChI is InChI=1S/C42H28N2/c1-4-14-29(15-5-1)32-24-26-38(36-22-12-10-20-34(32)36)40-28-41(44-42(43-40)31-18-8-3-9-19-31)39-27-25-33(30-16-6-2-7-17-30)35-21-11-13-23-37(35)39/h1-28H/i10D,11D,12D,13D,20D,21D,22D,23D,24D,25D,26D,27D. The summed E-state index contributed by atoms with van der Waals surface area (Å²) in [4.78, 5) is 9.64. The summed E-state index contributed by atoms with van der Waals surface area (Å²) in [5, 5.41) is -0.0851. The van der Waals surface area contributed by atoms with Gasteiger partial charge < -0.3 is 0 Å². The monoisotopic (exact) mass is 572 g/mol. The highest BCUT2D eigenvalue weighted by Gasteiger charge is 2.17. The molecular weight excluding hydrogens is 532 g/mol. The van der Waals surface area contributed by atoms with Crippen LogP contribution in [0.25, 0.3) is 77.7 Å². The van der Waals surface area contributed by atoms with Gasteiger partial charge in [-0.3, -0.25) is 0 Å². The maximum absolute atomic E-state index is 9.42. The molecule has 1 heterocycles. The molecule has 0 aliphatic rings. The Morgan fingerprint density at radius 1 is 0.364 bits per heavy atom. The van der Waals surface area contributed by atoms with Crippen molar-refractivity contribution < 1.29 is 16.4 Å². The van der Waals surface area contributed by atoms with Crippen LogP contribution in [0.4, 0.5) is 0 Å². The lowest BCUT2D eigenvalue weighted by atomic mass is 9.92. The third kappa shape index (κ3) is 4.63. The molecule has 0 saturated heterocycles. The van der Waals surface area contributed by atoms with E-state index < -0.39 is 48.3 Å². The summed E-state index contributed by atoms with van der Waals surface area (Å²) in [7, 11) is 0. The highest BCUT2D eigenvalue weighted by molar-refractivity contribution is 6.07. The molecule has 44 heavy (non-hydrogen) atoms. The topological polar surface area (TPSA) is 25.8 Å². The predicted molar refractivity (Wildman–Crippen MR) is 184 cm³/mol. The molecule has 0 radical (unpaired) electrons. The van der Waals surface area contributed by atoms with Crippen molar-refractivity contribution in [3.8, 4) is 56.2 Å². The Balaban J connectivity index is 1.57. The number of hydrogen-bond donors (Lipinski definition) is 0. The van der Waals surface area contributed by atoms with Crippen LogP contribution in [-0.2, 0) is 0 Å². The fraction of sp³-hybridized carbons (Fsp3) is 0. The Kier molecular flexibility index (Phi) is 4.06. The summed E-state index contributed by atoms with van der Waals surface area (Å²) >= 11 is 0. The molecule has 1 aromatic heterocycles. The maximum Gasteiger partial charge on any atom is 0.160 e. The minimum atomic E-state index is -0.553. The Morgan fingerprint density at radius 3 is 1.11 bits per heavy atom. The number of benzene rings is 7. The molecule has 8 rings (SSSR count). The Labute approximate surface area is 273 Å². The van der Waals surface area contributed by atoms with Crippen LogP contribution < -0.4 is 0 Å². The average Bonchev–Trinajstić information content (AvgIpc) is 3.22. The van der Waals surface area contributed by atoms with Crippen molar-refractivity contribution in [3.05, 3.63) is 170 Å². The second-order valence-electron chi connectivity index (χ2n) is 10.1. The van der Waals surface area contributed by atoms with E-state index >= 15 is 0 Å². The van der Waals surface area contributed by atoms with Crippen molar-refractivity contribution in [2.75, 3.05) is 0 Å². The van der Waals surface area contributed by atoms with Crippen molar-refractivity contribution >= 4 is 21.5 Å². The van der Waals surface area contributed by atoms with Crippen LogP contribution in [-0.4, -0.2) is 9.97 Å². The number of aromatic nitrogens is 2. The first kappa shape index (κ1) is 16.1. The van der Waals surface area contributed by atoms with Gasteiger partial charge in [0.2, 0.25) is 0 Å². The van der Waals surface area contributed by atoms with Crippen molar-refractivity contribution in [2.45, 2.75) is 0 Å². The Bertz CT molecular complexity index is 2740. The Morgan fingerprint density at radius 2 is 0.705 bits per heavy atom. The normalized spacial score (nSPS) is 15.0. The van der Waals surface area contributed by atoms with Crippen LogP contribution in [0.3, 0.4) is 0 Å². The molecule has 8 aromatic rings. The molecule has 7 aromatic carbocycles. The van der Waals surface area contributed by atoms with Crippen LogP contribution in [0.5, 0.6) is 0 Å². The van der Waals surface area contributed by atoms with E-state index in [0.717, 1.165) is 0 Å². The summed E-state index contributed by atoms with van der Waals surface area (Å²) in [5.74, 6) is 0.0669. The van der Waals surface area contributed by atoms with Gasteiger partial charge in [0.1, 0.15) is 0 Å². The predicted octanol–water partition coefficient (Wildman–Crippen LogP) is 11.1. The minimum absolute atomic E-state index is 0.0148. The molecule has 206 valence electrons. The van der Waals surface area contributed by atoms with E-state index in [-0.39, 0.29) is 85.2 Å². The van der Waals surface area contributed by atoms with Crippen LogP contribution in [0.2, 0.25) is 0 Å². The van der Waals surface area contributed by atoms with Crippen LogP contribution in [0, 0.1) is 0 Å². The molecule has 0 N–H and O–H groups in total. The molecule has 0 bridgehead atoms. The molecule has 2 nitrogen and oxygen atoms in total. The minimum Gasteiger partial charge on any atom is -0.228 e. The molecule has 0 saturated carbocycles. The number of rotatable bonds is 5. The largest absolute Gasteiger partial charge is 0.228 e. The second kappa shape index (κ2) is 11.1. The van der Waals surface area contributed by atoms with Crippen molar-refractivity contribution in [2.24, 2.45) is 0 Å². The van der Waals surface area contributed by atoms with Gasteiger partial charge in [-0.05, 0) is 49.9 Å². The van der Waals surface area contributed by atoms with Gasteiger partial charge in [0.25, 0.3) is 0 Å². The van der Waals surface area contributed by atoms with Crippen LogP contribution in [0.1, 0.15) is 16.4 Å². The van der Waals surface area contributed by atoms with Gasteiger partial charge in [0.15, 0.2) is 5.82 Å². The van der Waals surface area contributed by atoms with E-state index in [1.807, 2.05) is 0 Å². The maximum atomic E-state index is 9.42. The lowest BCUT2D eigenvalue weighted by Gasteiger charge is -2.15. The number of hydrogen-bond acceptors (Lipinski definition) is 2. The molecule has 0 spiro atoms. The fourth-order valence-electron chi connectivity index (χ4n) is 5.32. The van der Waals surface area contributed by atoms with Gasteiger partial charge in [-0.2, -0.15) is 0 Å². The van der Waals surface area contributed by atoms with Gasteiger partial charge in [-0.15, -0.1) is 0 Å². The van der Waals surface area contributed by atoms with Crippen LogP contribution in [0.15, 0.2) is 170 Å². The molecule has 0 amide bonds. The summed E-state index contributed by atoms with van der Waals surface area (Å²) < 4.78 is 108. The summed E-state index contributed by atoms with van der Waals surface area (Å²) in [6.45, 7) is 0. The zero-order valence-corrected chi connectivity index (χ0v) is 23.1. The molecular formula is C42H28N2. The lowest BCUT2D eigenvalue weighted by Crippen LogP contribution is -1.97. The molecule has 0 aliphatic carbocycles. The third-order valence-electron chi connectivity index (χ3n) is 7.40. The van der Waals surface area contributed by atoms with Gasteiger partial charge in [-0.1, -0.05) is 164 Å². The van der Waals surface area contributed by atoms with Gasteiger partial charge in [0.05, 0.1) is 27.8 Å². The first-order valence-corrected chi connectivity index (χ1v) is 14.0. The van der Waals surface area contributed by atoms with Crippen molar-refractivity contribution in [1.29, 1.82) is 0 Å². The molecule has 0 aliphatic heterocycles. The van der Waals surface area contributed by atoms with Gasteiger partial charge >= 0.3 is 0 Å². The zero-order chi connectivity index (χ0) is 39.7. The summed E-state index contributed by atoms with van der Waals surface area (Å²) in [6, 6.07) is 22.1. The number of nitrogens with zero attached hydrogens (tertiary/aromatic N) is 2. The highest BCUT2D eigenvalue weighted by atomic mass is 14.9. The Hall–Kier alpha value is -5.86. The lowest BCUT2D eigenvalue weighted by molar-refractivity contribution is 1.19. The van der Waals surface area contributed by atoms with E-state index in [0.29, 0.717) is 16.7 Å². The molecule has 0 unspecified atom stereocenters. The fourth-order valence-corrected chi connectivity index (χ4v) is 5.32. The first-order chi connectivity index (χ1) is 26.8. The summed E-state index contributed by atoms with van der Waals surface area (Å²) in [5.41, 5.74) is 1.47. The van der Waals surface area contributed by atoms with Gasteiger partial charge in [0, 0.05) is 16.7 Å². The van der Waals surface area contributed by atoms with Crippen molar-refractivity contribution in [3.63, 3.8) is 0 Å². The smallest absolute Gasteiger partial charge is 0.160 e. The molecule has 0 fully saturated rings. The van der Waals surface area contributed by atoms with Crippen LogP contribution >= 0.6 is 0 Å². The zero-order valence-electron chi connectivity index (χ0n) is 35.1. The van der Waals surface area contributed by atoms with E-state index in [2.05, 4.69) is 0 Å². The third-order valence-corrected chi connectivity index (χ3v) is 7.40. The van der Waals surface area contributed by atoms with E-state index in [9.17, 15) is 5.48 Å². The summed E-state index contributed by atoms with van der Waals surface area (Å²) in [6.07, 6.45) is 0. The molecule has 2 heteroatoms.